The fourth-order valence-corrected chi connectivity index (χ4v) is 8.44. The molecule has 2 radical (unpaired) electrons. The number of aromatic amines is 2. The van der Waals surface area contributed by atoms with E-state index in [4.69, 9.17) is 9.97 Å². The van der Waals surface area contributed by atoms with Crippen molar-refractivity contribution in [2.24, 2.45) is 0 Å². The molecule has 56 heavy (non-hydrogen) atoms. The Morgan fingerprint density at radius 3 is 1.62 bits per heavy atom. The molecule has 2 fully saturated rings. The summed E-state index contributed by atoms with van der Waals surface area (Å²) >= 11 is 0. The Bertz CT molecular complexity index is 2260. The largest absolute Gasteiger partial charge is 0.340 e. The molecule has 2 saturated heterocycles. The summed E-state index contributed by atoms with van der Waals surface area (Å²) in [6.45, 7) is 5.88. The van der Waals surface area contributed by atoms with Crippen LogP contribution in [0.15, 0.2) is 109 Å². The molecule has 8 rings (SSSR count). The molecule has 4 heterocycles. The fraction of sp³-hybridized carbons (Fsp3) is 0.292. The van der Waals surface area contributed by atoms with E-state index in [1.807, 2.05) is 58.6 Å². The van der Waals surface area contributed by atoms with Crippen molar-refractivity contribution in [2.45, 2.75) is 77.3 Å². The van der Waals surface area contributed by atoms with Gasteiger partial charge in [0.15, 0.2) is 0 Å². The van der Waals surface area contributed by atoms with Crippen LogP contribution in [0.25, 0.3) is 33.6 Å². The van der Waals surface area contributed by atoms with Gasteiger partial charge < -0.3 is 19.8 Å². The average molecular weight is 743 g/mol. The lowest BCUT2D eigenvalue weighted by atomic mass is 9.92. The zero-order chi connectivity index (χ0) is 38.4. The molecule has 2 aromatic heterocycles. The number of nitrogens with zero attached hydrogens (tertiary/aromatic N) is 4. The second kappa shape index (κ2) is 16.9. The Hall–Kier alpha value is -5.76. The Morgan fingerprint density at radius 1 is 0.607 bits per heavy atom. The number of hydrogen-bond donors (Lipinski definition) is 2. The normalized spacial score (nSPS) is 16.8. The monoisotopic (exact) mass is 742 g/mol. The Labute approximate surface area is 330 Å². The number of carbonyl (C=O) groups excluding carboxylic acids is 2. The third-order valence-corrected chi connectivity index (χ3v) is 11.6. The van der Waals surface area contributed by atoms with Crippen LogP contribution in [0.4, 0.5) is 0 Å². The van der Waals surface area contributed by atoms with E-state index >= 15 is 0 Å². The summed E-state index contributed by atoms with van der Waals surface area (Å²) in [4.78, 5) is 47.1. The standard InChI is InChI=1S/C48H50N6O2/c1-33-34(2)40(42-32-50-48(52-42)44-20-12-30-54(44)46(56)22-10-18-36-15-7-4-8-16-36)28-27-39(33)37-23-25-38(26-24-37)41-31-49-47(51-41)43-19-11-29-53(43)45(55)21-9-17-35-13-5-3-6-14-35/h3-10,13-16,23-28,31-32,43-44H,11-12,17-22,29-30H2,1-2H3,(H,49,51)(H,50,52)/t43?,44-/m0/s1. The van der Waals surface area contributed by atoms with Crippen molar-refractivity contribution in [3.63, 3.8) is 0 Å². The van der Waals surface area contributed by atoms with Crippen LogP contribution in [0, 0.1) is 26.7 Å². The Balaban J connectivity index is 0.898. The smallest absolute Gasteiger partial charge is 0.223 e. The lowest BCUT2D eigenvalue weighted by Crippen LogP contribution is -2.31. The minimum Gasteiger partial charge on any atom is -0.340 e. The van der Waals surface area contributed by atoms with E-state index in [1.54, 1.807) is 0 Å². The van der Waals surface area contributed by atoms with Crippen molar-refractivity contribution >= 4 is 11.8 Å². The van der Waals surface area contributed by atoms with Crippen molar-refractivity contribution in [2.75, 3.05) is 13.1 Å². The lowest BCUT2D eigenvalue weighted by molar-refractivity contribution is -0.132. The van der Waals surface area contributed by atoms with Crippen LogP contribution in [0.1, 0.15) is 84.5 Å². The summed E-state index contributed by atoms with van der Waals surface area (Å²) in [7, 11) is 0. The number of rotatable bonds is 13. The number of aromatic nitrogens is 4. The van der Waals surface area contributed by atoms with Crippen molar-refractivity contribution in [3.8, 4) is 33.6 Å². The number of nitrogens with one attached hydrogen (secondary N) is 2. The highest BCUT2D eigenvalue weighted by Crippen LogP contribution is 2.37. The minimum atomic E-state index is -0.0278. The van der Waals surface area contributed by atoms with Crippen LogP contribution >= 0.6 is 0 Å². The number of amides is 2. The van der Waals surface area contributed by atoms with Crippen LogP contribution in [0.3, 0.4) is 0 Å². The van der Waals surface area contributed by atoms with Gasteiger partial charge in [-0.2, -0.15) is 0 Å². The molecule has 2 amide bonds. The first-order chi connectivity index (χ1) is 27.4. The van der Waals surface area contributed by atoms with Crippen LogP contribution in [0.2, 0.25) is 0 Å². The summed E-state index contributed by atoms with van der Waals surface area (Å²) in [6, 6.07) is 33.5. The van der Waals surface area contributed by atoms with Gasteiger partial charge in [0.25, 0.3) is 0 Å². The van der Waals surface area contributed by atoms with Crippen molar-refractivity contribution in [3.05, 3.63) is 156 Å². The van der Waals surface area contributed by atoms with Gasteiger partial charge in [-0.1, -0.05) is 97.1 Å². The average Bonchev–Trinajstić information content (AvgIpc) is 4.07. The van der Waals surface area contributed by atoms with Crippen molar-refractivity contribution in [1.82, 2.24) is 29.7 Å². The van der Waals surface area contributed by atoms with Gasteiger partial charge in [-0.3, -0.25) is 9.59 Å². The van der Waals surface area contributed by atoms with E-state index in [-0.39, 0.29) is 23.9 Å². The lowest BCUT2D eigenvalue weighted by Gasteiger charge is -2.23. The molecular weight excluding hydrogens is 693 g/mol. The maximum atomic E-state index is 13.3. The van der Waals surface area contributed by atoms with E-state index in [0.717, 1.165) is 91.3 Å². The van der Waals surface area contributed by atoms with Gasteiger partial charge in [0.2, 0.25) is 11.8 Å². The molecule has 0 bridgehead atoms. The van der Waals surface area contributed by atoms with E-state index in [0.29, 0.717) is 12.8 Å². The molecule has 0 spiro atoms. The first-order valence-corrected chi connectivity index (χ1v) is 20.0. The summed E-state index contributed by atoms with van der Waals surface area (Å²) < 4.78 is 0. The molecule has 2 aliphatic heterocycles. The van der Waals surface area contributed by atoms with Crippen LogP contribution in [0.5, 0.6) is 0 Å². The zero-order valence-corrected chi connectivity index (χ0v) is 32.4. The topological polar surface area (TPSA) is 98.0 Å². The third kappa shape index (κ3) is 8.11. The van der Waals surface area contributed by atoms with E-state index in [2.05, 4.69) is 97.3 Å². The van der Waals surface area contributed by atoms with E-state index in [1.165, 1.54) is 27.8 Å². The predicted molar refractivity (Wildman–Crippen MR) is 222 cm³/mol. The second-order valence-corrected chi connectivity index (χ2v) is 15.2. The number of carbonyl (C=O) groups is 2. The van der Waals surface area contributed by atoms with Gasteiger partial charge in [0.05, 0.1) is 35.9 Å². The van der Waals surface area contributed by atoms with Gasteiger partial charge in [-0.05, 0) is 104 Å². The quantitative estimate of drug-likeness (QED) is 0.123. The number of imidazole rings is 2. The highest BCUT2D eigenvalue weighted by Gasteiger charge is 2.33. The highest BCUT2D eigenvalue weighted by molar-refractivity contribution is 5.79. The number of benzene rings is 4. The summed E-state index contributed by atoms with van der Waals surface area (Å²) in [6.07, 6.45) is 14.2. The minimum absolute atomic E-state index is 0.0239. The number of likely N-dealkylation sites (tertiary alicyclic amines) is 2. The molecule has 8 heteroatoms. The molecule has 1 unspecified atom stereocenters. The summed E-state index contributed by atoms with van der Waals surface area (Å²) in [5.74, 6) is 2.03. The fourth-order valence-electron chi connectivity index (χ4n) is 8.44. The maximum absolute atomic E-state index is 13.3. The molecule has 8 nitrogen and oxygen atoms in total. The Kier molecular flexibility index (Phi) is 11.2. The third-order valence-electron chi connectivity index (χ3n) is 11.6. The first-order valence-electron chi connectivity index (χ1n) is 20.0. The molecular formula is C48H50N6O2. The van der Waals surface area contributed by atoms with E-state index < -0.39 is 0 Å². The van der Waals surface area contributed by atoms with Gasteiger partial charge >= 0.3 is 0 Å². The van der Waals surface area contributed by atoms with Gasteiger partial charge in [-0.25, -0.2) is 9.97 Å². The molecule has 284 valence electrons. The van der Waals surface area contributed by atoms with Gasteiger partial charge in [0, 0.05) is 31.5 Å². The van der Waals surface area contributed by atoms with E-state index in [9.17, 15) is 9.59 Å². The molecule has 2 N–H and O–H groups in total. The SMILES string of the molecule is Cc1c(-c2ccc(-c3cnc(C4CCCN4C(=O)C[CH]Cc4ccccc4)[nH]3)cc2)ccc(-c2cnc([C@@H]3CCCN3C(=O)C[CH]Cc3ccccc3)[nH]2)c1C. The first kappa shape index (κ1) is 37.2. The van der Waals surface area contributed by atoms with Crippen LogP contribution in [-0.4, -0.2) is 54.6 Å². The molecule has 0 aliphatic carbocycles. The highest BCUT2D eigenvalue weighted by atomic mass is 16.2. The maximum Gasteiger partial charge on any atom is 0.223 e. The van der Waals surface area contributed by atoms with Gasteiger partial charge in [-0.15, -0.1) is 0 Å². The molecule has 4 aromatic carbocycles. The van der Waals surface area contributed by atoms with Crippen molar-refractivity contribution < 1.29 is 9.59 Å². The molecule has 0 saturated carbocycles. The summed E-state index contributed by atoms with van der Waals surface area (Å²) in [5.41, 5.74) is 11.3. The second-order valence-electron chi connectivity index (χ2n) is 15.2. The van der Waals surface area contributed by atoms with Crippen LogP contribution in [-0.2, 0) is 22.4 Å². The van der Waals surface area contributed by atoms with Crippen LogP contribution < -0.4 is 0 Å². The zero-order valence-electron chi connectivity index (χ0n) is 32.4. The Morgan fingerprint density at radius 2 is 1.07 bits per heavy atom. The van der Waals surface area contributed by atoms with Crippen molar-refractivity contribution in [1.29, 1.82) is 0 Å². The van der Waals surface area contributed by atoms with Gasteiger partial charge in [0.1, 0.15) is 11.6 Å². The molecule has 2 aliphatic rings. The molecule has 2 atom stereocenters. The predicted octanol–water partition coefficient (Wildman–Crippen LogP) is 9.75. The summed E-state index contributed by atoms with van der Waals surface area (Å²) in [5, 5.41) is 0. The molecule has 6 aromatic rings. The number of H-pyrrole nitrogens is 2. The number of hydrogen-bond acceptors (Lipinski definition) is 4.